The second kappa shape index (κ2) is 8.27. The quantitative estimate of drug-likeness (QED) is 0.520. The number of aliphatic hydroxyl groups excluding tert-OH is 1. The summed E-state index contributed by atoms with van der Waals surface area (Å²) in [7, 11) is 1.59. The summed E-state index contributed by atoms with van der Waals surface area (Å²) in [5, 5.41) is 9.72. The van der Waals surface area contributed by atoms with E-state index < -0.39 is 0 Å². The molecule has 4 rings (SSSR count). The highest BCUT2D eigenvalue weighted by molar-refractivity contribution is 6.09. The highest BCUT2D eigenvalue weighted by Crippen LogP contribution is 2.31. The van der Waals surface area contributed by atoms with E-state index in [4.69, 9.17) is 11.3 Å². The topological polar surface area (TPSA) is 72.0 Å². The zero-order valence-electron chi connectivity index (χ0n) is 17.1. The van der Waals surface area contributed by atoms with E-state index in [1.54, 1.807) is 25.4 Å². The number of fused-ring (bicyclic) bond motifs is 1. The summed E-state index contributed by atoms with van der Waals surface area (Å²) >= 11 is 0. The average molecular weight is 404 g/mol. The number of hydrogen-bond donors (Lipinski definition) is 1. The zero-order valence-corrected chi connectivity index (χ0v) is 17.1. The Balaban J connectivity index is 1.78. The summed E-state index contributed by atoms with van der Waals surface area (Å²) in [6.07, 6.45) is 2.74. The third-order valence-electron chi connectivity index (χ3n) is 5.69. The maximum absolute atomic E-state index is 13.3. The zero-order chi connectivity index (χ0) is 21.3. The Morgan fingerprint density at radius 2 is 2.00 bits per heavy atom. The molecule has 1 aromatic carbocycles. The van der Waals surface area contributed by atoms with Gasteiger partial charge in [-0.15, -0.1) is 0 Å². The molecule has 1 aliphatic rings. The lowest BCUT2D eigenvalue weighted by molar-refractivity contribution is 0.0711. The van der Waals surface area contributed by atoms with Gasteiger partial charge >= 0.3 is 0 Å². The van der Waals surface area contributed by atoms with Crippen LogP contribution in [0.4, 0.5) is 5.69 Å². The number of ketones is 1. The molecule has 1 aliphatic heterocycles. The summed E-state index contributed by atoms with van der Waals surface area (Å²) in [6, 6.07) is 9.16. The molecule has 3 aromatic rings. The van der Waals surface area contributed by atoms with Gasteiger partial charge in [0.25, 0.3) is 0 Å². The number of rotatable bonds is 5. The van der Waals surface area contributed by atoms with Crippen molar-refractivity contribution >= 4 is 22.5 Å². The molecule has 0 bridgehead atoms. The molecule has 7 nitrogen and oxygen atoms in total. The van der Waals surface area contributed by atoms with Crippen molar-refractivity contribution in [3.05, 3.63) is 59.2 Å². The van der Waals surface area contributed by atoms with Crippen molar-refractivity contribution in [1.82, 2.24) is 14.5 Å². The van der Waals surface area contributed by atoms with Crippen molar-refractivity contribution in [3.8, 4) is 11.4 Å². The monoisotopic (exact) mass is 404 g/mol. The molecule has 0 saturated carbocycles. The molecule has 7 heteroatoms. The van der Waals surface area contributed by atoms with Crippen LogP contribution in [0.1, 0.15) is 28.9 Å². The van der Waals surface area contributed by atoms with Gasteiger partial charge in [-0.3, -0.25) is 9.69 Å². The molecule has 0 aliphatic carbocycles. The Hall–Kier alpha value is -3.21. The number of piperidine rings is 1. The van der Waals surface area contributed by atoms with E-state index >= 15 is 0 Å². The van der Waals surface area contributed by atoms with E-state index in [0.29, 0.717) is 55.0 Å². The number of benzene rings is 1. The second-order valence-electron chi connectivity index (χ2n) is 7.60. The number of hydrogen-bond acceptors (Lipinski definition) is 5. The van der Waals surface area contributed by atoms with Crippen molar-refractivity contribution in [1.29, 1.82) is 0 Å². The molecule has 30 heavy (non-hydrogen) atoms. The Morgan fingerprint density at radius 1 is 1.30 bits per heavy atom. The van der Waals surface area contributed by atoms with Crippen molar-refractivity contribution in [3.63, 3.8) is 0 Å². The van der Waals surface area contributed by atoms with Crippen molar-refractivity contribution in [2.45, 2.75) is 25.9 Å². The number of aromatic nitrogens is 2. The number of methoxy groups -OCH3 is 1. The predicted octanol–water partition coefficient (Wildman–Crippen LogP) is 3.53. The van der Waals surface area contributed by atoms with Crippen molar-refractivity contribution < 1.29 is 14.6 Å². The third-order valence-corrected chi connectivity index (χ3v) is 5.69. The summed E-state index contributed by atoms with van der Waals surface area (Å²) in [6.45, 7) is 10.8. The Kier molecular flexibility index (Phi) is 5.53. The molecule has 3 heterocycles. The fourth-order valence-corrected chi connectivity index (χ4v) is 4.08. The lowest BCUT2D eigenvalue weighted by Gasteiger charge is -2.28. The molecule has 0 atom stereocenters. The lowest BCUT2D eigenvalue weighted by Crippen LogP contribution is -2.39. The number of Topliss-reactive ketones (excluding diaryl/α,β-unsaturated/α-hetero) is 1. The number of aliphatic hydroxyl groups is 1. The molecule has 0 unspecified atom stereocenters. The van der Waals surface area contributed by atoms with Crippen LogP contribution in [0.15, 0.2) is 36.5 Å². The minimum absolute atomic E-state index is 0.0167. The second-order valence-corrected chi connectivity index (χ2v) is 7.60. The highest BCUT2D eigenvalue weighted by atomic mass is 16.5. The SMILES string of the molecule is [C-]#[N+]c1ccc(-n2c(C)c(C(=O)CN3CCC(O)CC3)c3ncc(OC)cc32)cc1. The summed E-state index contributed by atoms with van der Waals surface area (Å²) in [5.74, 6) is 0.631. The van der Waals surface area contributed by atoms with Gasteiger partial charge in [0.15, 0.2) is 11.5 Å². The van der Waals surface area contributed by atoms with E-state index in [-0.39, 0.29) is 11.9 Å². The third kappa shape index (κ3) is 3.67. The van der Waals surface area contributed by atoms with E-state index in [9.17, 15) is 9.90 Å². The molecular formula is C23H24N4O3. The number of likely N-dealkylation sites (tertiary alicyclic amines) is 1. The fourth-order valence-electron chi connectivity index (χ4n) is 4.08. The van der Waals surface area contributed by atoms with Crippen LogP contribution in [-0.4, -0.2) is 58.2 Å². The van der Waals surface area contributed by atoms with E-state index in [1.807, 2.05) is 29.7 Å². The minimum Gasteiger partial charge on any atom is -0.495 e. The maximum atomic E-state index is 13.3. The number of carbonyl (C=O) groups is 1. The molecule has 0 amide bonds. The number of pyridine rings is 1. The van der Waals surface area contributed by atoms with Crippen LogP contribution in [0.25, 0.3) is 21.6 Å². The molecule has 1 fully saturated rings. The minimum atomic E-state index is -0.271. The molecule has 0 spiro atoms. The molecule has 0 radical (unpaired) electrons. The lowest BCUT2D eigenvalue weighted by atomic mass is 10.1. The van der Waals surface area contributed by atoms with Crippen LogP contribution in [0.2, 0.25) is 0 Å². The van der Waals surface area contributed by atoms with E-state index in [2.05, 4.69) is 14.7 Å². The summed E-state index contributed by atoms with van der Waals surface area (Å²) in [4.78, 5) is 23.4. The van der Waals surface area contributed by atoms with Crippen LogP contribution in [-0.2, 0) is 0 Å². The first-order valence-corrected chi connectivity index (χ1v) is 9.98. The summed E-state index contributed by atoms with van der Waals surface area (Å²) < 4.78 is 7.35. The standard InChI is InChI=1S/C23H24N4O3/c1-15-22(21(29)14-26-10-8-18(28)9-11-26)23-20(12-19(30-3)13-25-23)27(15)17-6-4-16(24-2)5-7-17/h4-7,12-13,18,28H,8-11,14H2,1,3H3. The molecular weight excluding hydrogens is 380 g/mol. The van der Waals surface area contributed by atoms with E-state index in [0.717, 1.165) is 16.9 Å². The number of carbonyl (C=O) groups excluding carboxylic acids is 1. The fraction of sp³-hybridized carbons (Fsp3) is 0.348. The van der Waals surface area contributed by atoms with Crippen molar-refractivity contribution in [2.75, 3.05) is 26.7 Å². The van der Waals surface area contributed by atoms with E-state index in [1.165, 1.54) is 0 Å². The molecule has 2 aromatic heterocycles. The maximum Gasteiger partial charge on any atom is 0.187 e. The Labute approximate surface area is 175 Å². The highest BCUT2D eigenvalue weighted by Gasteiger charge is 2.25. The Bertz CT molecular complexity index is 1120. The molecule has 1 saturated heterocycles. The van der Waals surface area contributed by atoms with Crippen LogP contribution in [0, 0.1) is 13.5 Å². The Morgan fingerprint density at radius 3 is 2.63 bits per heavy atom. The average Bonchev–Trinajstić information content (AvgIpc) is 3.06. The van der Waals surface area contributed by atoms with Gasteiger partial charge in [-0.25, -0.2) is 9.83 Å². The largest absolute Gasteiger partial charge is 0.495 e. The van der Waals surface area contributed by atoms with Gasteiger partial charge in [0.2, 0.25) is 0 Å². The van der Waals surface area contributed by atoms with Gasteiger partial charge < -0.3 is 14.4 Å². The first kappa shape index (κ1) is 20.1. The van der Waals surface area contributed by atoms with Crippen LogP contribution in [0.5, 0.6) is 5.75 Å². The van der Waals surface area contributed by atoms with Crippen LogP contribution < -0.4 is 4.74 Å². The van der Waals surface area contributed by atoms with Gasteiger partial charge in [0.05, 0.1) is 49.1 Å². The summed E-state index contributed by atoms with van der Waals surface area (Å²) in [5.41, 5.74) is 4.27. The first-order valence-electron chi connectivity index (χ1n) is 9.98. The normalized spacial score (nSPS) is 15.3. The van der Waals surface area contributed by atoms with Gasteiger partial charge in [-0.05, 0) is 31.9 Å². The number of ether oxygens (including phenoxy) is 1. The van der Waals surface area contributed by atoms with Crippen LogP contribution >= 0.6 is 0 Å². The van der Waals surface area contributed by atoms with Gasteiger partial charge in [-0.2, -0.15) is 0 Å². The van der Waals surface area contributed by atoms with Gasteiger partial charge in [0.1, 0.15) is 5.75 Å². The predicted molar refractivity (Wildman–Crippen MR) is 115 cm³/mol. The smallest absolute Gasteiger partial charge is 0.187 e. The van der Waals surface area contributed by atoms with Gasteiger partial charge in [-0.1, -0.05) is 12.1 Å². The van der Waals surface area contributed by atoms with Crippen molar-refractivity contribution in [2.24, 2.45) is 0 Å². The first-order chi connectivity index (χ1) is 14.5. The number of nitrogens with zero attached hydrogens (tertiary/aromatic N) is 4. The van der Waals surface area contributed by atoms with Crippen LogP contribution in [0.3, 0.4) is 0 Å². The molecule has 1 N–H and O–H groups in total. The molecule has 154 valence electrons. The van der Waals surface area contributed by atoms with Gasteiger partial charge in [0, 0.05) is 30.5 Å².